The number of nitrogens with zero attached hydrogens (tertiary/aromatic N) is 8. The van der Waals surface area contributed by atoms with Gasteiger partial charge in [0.1, 0.15) is 0 Å². The van der Waals surface area contributed by atoms with Gasteiger partial charge in [0.2, 0.25) is 0 Å². The van der Waals surface area contributed by atoms with E-state index in [1.807, 2.05) is 122 Å². The normalized spacial score (nSPS) is 10.8. The molecule has 0 fully saturated rings. The Bertz CT molecular complexity index is 1440. The highest BCUT2D eigenvalue weighted by Gasteiger charge is 2.14. The van der Waals surface area contributed by atoms with Gasteiger partial charge in [0.25, 0.3) is 0 Å². The SMILES string of the molecule is c1ccc(CN(Cc2ccccn2)c2ccc(-c3ccc(N(Cc4ccccn4)Cc4ccccn4)cn3)nc2)nc1. The van der Waals surface area contributed by atoms with Crippen LogP contribution < -0.4 is 9.80 Å². The number of pyridine rings is 6. The topological polar surface area (TPSA) is 83.8 Å². The van der Waals surface area contributed by atoms with Gasteiger partial charge in [-0.15, -0.1) is 0 Å². The van der Waals surface area contributed by atoms with E-state index in [0.717, 1.165) is 45.5 Å². The molecular formula is C34H30N8. The Balaban J connectivity index is 1.21. The highest BCUT2D eigenvalue weighted by molar-refractivity contribution is 5.60. The van der Waals surface area contributed by atoms with E-state index < -0.39 is 0 Å². The molecule has 0 aliphatic heterocycles. The first-order valence-electron chi connectivity index (χ1n) is 13.8. The van der Waals surface area contributed by atoms with Crippen molar-refractivity contribution in [3.63, 3.8) is 0 Å². The van der Waals surface area contributed by atoms with Gasteiger partial charge < -0.3 is 9.80 Å². The van der Waals surface area contributed by atoms with Crippen LogP contribution in [0.15, 0.2) is 134 Å². The molecule has 0 amide bonds. The lowest BCUT2D eigenvalue weighted by atomic mass is 10.2. The van der Waals surface area contributed by atoms with Crippen LogP contribution in [0.2, 0.25) is 0 Å². The average molecular weight is 551 g/mol. The second-order valence-electron chi connectivity index (χ2n) is 9.80. The van der Waals surface area contributed by atoms with E-state index in [1.165, 1.54) is 0 Å². The number of hydrogen-bond donors (Lipinski definition) is 0. The van der Waals surface area contributed by atoms with Crippen LogP contribution in [-0.4, -0.2) is 29.9 Å². The van der Waals surface area contributed by atoms with Crippen LogP contribution in [0.4, 0.5) is 11.4 Å². The Kier molecular flexibility index (Phi) is 8.42. The fourth-order valence-electron chi connectivity index (χ4n) is 4.68. The van der Waals surface area contributed by atoms with E-state index in [4.69, 9.17) is 9.97 Å². The van der Waals surface area contributed by atoms with Gasteiger partial charge in [0.05, 0.1) is 84.1 Å². The maximum absolute atomic E-state index is 4.78. The first-order valence-corrected chi connectivity index (χ1v) is 13.8. The van der Waals surface area contributed by atoms with Gasteiger partial charge in [-0.25, -0.2) is 0 Å². The van der Waals surface area contributed by atoms with Crippen molar-refractivity contribution in [2.24, 2.45) is 0 Å². The lowest BCUT2D eigenvalue weighted by Gasteiger charge is -2.24. The van der Waals surface area contributed by atoms with Crippen LogP contribution in [0.1, 0.15) is 22.8 Å². The lowest BCUT2D eigenvalue weighted by molar-refractivity contribution is 0.762. The summed E-state index contributed by atoms with van der Waals surface area (Å²) in [4.78, 5) is 32.1. The smallest absolute Gasteiger partial charge is 0.0887 e. The second kappa shape index (κ2) is 13.2. The standard InChI is InChI=1S/C34H30N8/c1-5-17-35-27(9-1)23-41(24-28-10-2-6-18-36-28)31-13-15-33(39-21-31)34-16-14-32(22-40-34)42(25-29-11-3-7-19-37-29)26-30-12-4-8-20-38-30/h1-22H,23-26H2. The molecule has 0 bridgehead atoms. The zero-order valence-electron chi connectivity index (χ0n) is 23.1. The van der Waals surface area contributed by atoms with E-state index in [0.29, 0.717) is 26.2 Å². The summed E-state index contributed by atoms with van der Waals surface area (Å²) in [6.07, 6.45) is 11.1. The summed E-state index contributed by atoms with van der Waals surface area (Å²) in [5, 5.41) is 0. The van der Waals surface area contributed by atoms with E-state index in [9.17, 15) is 0 Å². The van der Waals surface area contributed by atoms with Gasteiger partial charge in [-0.05, 0) is 72.8 Å². The summed E-state index contributed by atoms with van der Waals surface area (Å²) in [6, 6.07) is 32.1. The van der Waals surface area contributed by atoms with Gasteiger partial charge in [-0.3, -0.25) is 29.9 Å². The molecular weight excluding hydrogens is 520 g/mol. The molecule has 0 aromatic carbocycles. The molecule has 42 heavy (non-hydrogen) atoms. The molecule has 0 spiro atoms. The maximum Gasteiger partial charge on any atom is 0.0887 e. The minimum atomic E-state index is 0.647. The quantitative estimate of drug-likeness (QED) is 0.190. The van der Waals surface area contributed by atoms with Crippen molar-refractivity contribution in [1.29, 1.82) is 0 Å². The highest BCUT2D eigenvalue weighted by atomic mass is 15.2. The minimum absolute atomic E-state index is 0.647. The molecule has 0 radical (unpaired) electrons. The van der Waals surface area contributed by atoms with Crippen molar-refractivity contribution in [3.05, 3.63) is 157 Å². The van der Waals surface area contributed by atoms with Crippen LogP contribution in [-0.2, 0) is 26.2 Å². The zero-order valence-corrected chi connectivity index (χ0v) is 23.1. The Hall–Kier alpha value is -5.50. The van der Waals surface area contributed by atoms with Gasteiger partial charge in [0, 0.05) is 24.8 Å². The molecule has 0 atom stereocenters. The predicted molar refractivity (Wildman–Crippen MR) is 164 cm³/mol. The second-order valence-corrected chi connectivity index (χ2v) is 9.80. The van der Waals surface area contributed by atoms with Gasteiger partial charge in [0.15, 0.2) is 0 Å². The number of rotatable bonds is 11. The molecule has 8 nitrogen and oxygen atoms in total. The van der Waals surface area contributed by atoms with Crippen molar-refractivity contribution in [2.75, 3.05) is 9.80 Å². The lowest BCUT2D eigenvalue weighted by Crippen LogP contribution is -2.23. The number of anilines is 2. The Labute approximate surface area is 245 Å². The van der Waals surface area contributed by atoms with Gasteiger partial charge in [-0.2, -0.15) is 0 Å². The summed E-state index contributed by atoms with van der Waals surface area (Å²) >= 11 is 0. The predicted octanol–water partition coefficient (Wildman–Crippen LogP) is 6.14. The molecule has 206 valence electrons. The first-order chi connectivity index (χ1) is 20.8. The largest absolute Gasteiger partial charge is 0.358 e. The summed E-state index contributed by atoms with van der Waals surface area (Å²) in [5.74, 6) is 0. The van der Waals surface area contributed by atoms with Crippen molar-refractivity contribution in [2.45, 2.75) is 26.2 Å². The first kappa shape index (κ1) is 26.7. The van der Waals surface area contributed by atoms with E-state index >= 15 is 0 Å². The fourth-order valence-corrected chi connectivity index (χ4v) is 4.68. The molecule has 6 aromatic heterocycles. The minimum Gasteiger partial charge on any atom is -0.358 e. The molecule has 6 aromatic rings. The molecule has 8 heteroatoms. The van der Waals surface area contributed by atoms with Crippen LogP contribution in [0.5, 0.6) is 0 Å². The summed E-state index contributed by atoms with van der Waals surface area (Å²) in [5.41, 5.74) is 7.52. The van der Waals surface area contributed by atoms with Crippen molar-refractivity contribution in [1.82, 2.24) is 29.9 Å². The Morgan fingerprint density at radius 2 is 0.690 bits per heavy atom. The third-order valence-electron chi connectivity index (χ3n) is 6.80. The highest BCUT2D eigenvalue weighted by Crippen LogP contribution is 2.25. The third-order valence-corrected chi connectivity index (χ3v) is 6.80. The van der Waals surface area contributed by atoms with E-state index in [-0.39, 0.29) is 0 Å². The van der Waals surface area contributed by atoms with Crippen LogP contribution >= 0.6 is 0 Å². The third kappa shape index (κ3) is 6.98. The van der Waals surface area contributed by atoms with Crippen LogP contribution in [0, 0.1) is 0 Å². The number of hydrogen-bond acceptors (Lipinski definition) is 8. The van der Waals surface area contributed by atoms with Gasteiger partial charge in [-0.1, -0.05) is 24.3 Å². The summed E-state index contributed by atoms with van der Waals surface area (Å²) in [7, 11) is 0. The molecule has 0 saturated heterocycles. The maximum atomic E-state index is 4.78. The monoisotopic (exact) mass is 550 g/mol. The van der Waals surface area contributed by atoms with Crippen molar-refractivity contribution < 1.29 is 0 Å². The fraction of sp³-hybridized carbons (Fsp3) is 0.118. The zero-order chi connectivity index (χ0) is 28.4. The van der Waals surface area contributed by atoms with Crippen LogP contribution in [0.25, 0.3) is 11.4 Å². The summed E-state index contributed by atoms with van der Waals surface area (Å²) < 4.78 is 0. The Morgan fingerprint density at radius 1 is 0.357 bits per heavy atom. The van der Waals surface area contributed by atoms with Crippen LogP contribution in [0.3, 0.4) is 0 Å². The molecule has 0 unspecified atom stereocenters. The molecule has 0 saturated carbocycles. The average Bonchev–Trinajstić information content (AvgIpc) is 3.06. The molecule has 0 N–H and O–H groups in total. The van der Waals surface area contributed by atoms with Crippen molar-refractivity contribution in [3.8, 4) is 11.4 Å². The molecule has 0 aliphatic rings. The molecule has 6 rings (SSSR count). The van der Waals surface area contributed by atoms with E-state index in [2.05, 4.69) is 41.9 Å². The Morgan fingerprint density at radius 3 is 0.929 bits per heavy atom. The number of aromatic nitrogens is 6. The molecule has 0 aliphatic carbocycles. The van der Waals surface area contributed by atoms with Gasteiger partial charge >= 0.3 is 0 Å². The van der Waals surface area contributed by atoms with E-state index in [1.54, 1.807) is 0 Å². The van der Waals surface area contributed by atoms with Crippen molar-refractivity contribution >= 4 is 11.4 Å². The molecule has 6 heterocycles. The summed E-state index contributed by atoms with van der Waals surface area (Å²) in [6.45, 7) is 2.59.